The topological polar surface area (TPSA) is 110 Å². The van der Waals surface area contributed by atoms with Crippen LogP contribution in [0.4, 0.5) is 28.9 Å². The first-order valence-corrected chi connectivity index (χ1v) is 4.95. The molecule has 0 bridgehead atoms. The molecule has 20 heavy (non-hydrogen) atoms. The fourth-order valence-corrected chi connectivity index (χ4v) is 1.28. The number of rotatable bonds is 4. The molecule has 0 heterocycles. The molecule has 0 aliphatic carbocycles. The van der Waals surface area contributed by atoms with Crippen LogP contribution in [-0.2, 0) is 0 Å². The summed E-state index contributed by atoms with van der Waals surface area (Å²) >= 11 is 0. The maximum atomic E-state index is 13.3. The summed E-state index contributed by atoms with van der Waals surface area (Å²) in [6.45, 7) is -1.67. The van der Waals surface area contributed by atoms with Gasteiger partial charge in [-0.2, -0.15) is 13.2 Å². The summed E-state index contributed by atoms with van der Waals surface area (Å²) < 4.78 is 49.1. The van der Waals surface area contributed by atoms with Crippen LogP contribution in [0.1, 0.15) is 10.4 Å². The fraction of sp³-hybridized carbons (Fsp3) is 0.222. The highest BCUT2D eigenvalue weighted by Gasteiger charge is 2.30. The van der Waals surface area contributed by atoms with Gasteiger partial charge in [-0.3, -0.25) is 20.8 Å². The first kappa shape index (κ1) is 15.6. The zero-order chi connectivity index (χ0) is 15.5. The highest BCUT2D eigenvalue weighted by atomic mass is 19.4. The summed E-state index contributed by atoms with van der Waals surface area (Å²) in [5, 5.41) is 12.1. The number of hydrogen-bond donors (Lipinski definition) is 3. The Bertz CT molecular complexity index is 547. The van der Waals surface area contributed by atoms with Crippen LogP contribution in [0.5, 0.6) is 0 Å². The third-order valence-corrected chi connectivity index (χ3v) is 2.13. The van der Waals surface area contributed by atoms with E-state index >= 15 is 0 Å². The van der Waals surface area contributed by atoms with E-state index in [2.05, 4.69) is 0 Å². The zero-order valence-corrected chi connectivity index (χ0v) is 9.62. The van der Waals surface area contributed by atoms with Gasteiger partial charge in [-0.1, -0.05) is 0 Å². The Kier molecular flexibility index (Phi) is 4.45. The van der Waals surface area contributed by atoms with Crippen LogP contribution in [0, 0.1) is 15.9 Å². The Morgan fingerprint density at radius 2 is 2.00 bits per heavy atom. The van der Waals surface area contributed by atoms with E-state index in [4.69, 9.17) is 5.84 Å². The molecule has 0 radical (unpaired) electrons. The van der Waals surface area contributed by atoms with Gasteiger partial charge in [0.05, 0.1) is 16.7 Å². The van der Waals surface area contributed by atoms with Gasteiger partial charge in [-0.25, -0.2) is 4.39 Å². The van der Waals surface area contributed by atoms with Crippen LogP contribution < -0.4 is 16.6 Å². The number of nitrogens with two attached hydrogens (primary N) is 1. The molecule has 0 atom stereocenters. The van der Waals surface area contributed by atoms with Gasteiger partial charge in [-0.15, -0.1) is 0 Å². The predicted octanol–water partition coefficient (Wildman–Crippen LogP) is 1.31. The molecular weight excluding hydrogens is 288 g/mol. The van der Waals surface area contributed by atoms with E-state index in [0.717, 1.165) is 0 Å². The lowest BCUT2D eigenvalue weighted by molar-refractivity contribution is -0.385. The lowest BCUT2D eigenvalue weighted by atomic mass is 10.1. The molecule has 110 valence electrons. The molecule has 11 heteroatoms. The van der Waals surface area contributed by atoms with Gasteiger partial charge in [0.15, 0.2) is 5.82 Å². The largest absolute Gasteiger partial charge is 0.405 e. The maximum absolute atomic E-state index is 13.3. The number of nitro benzene ring substituents is 1. The quantitative estimate of drug-likeness (QED) is 0.336. The second-order valence-electron chi connectivity index (χ2n) is 3.55. The Hall–Kier alpha value is -2.43. The number of nitrogens with one attached hydrogen (secondary N) is 2. The van der Waals surface area contributed by atoms with E-state index in [0.29, 0.717) is 12.1 Å². The summed E-state index contributed by atoms with van der Waals surface area (Å²) in [4.78, 5) is 21.1. The molecule has 0 aliphatic rings. The van der Waals surface area contributed by atoms with Crippen molar-refractivity contribution in [1.82, 2.24) is 5.32 Å². The van der Waals surface area contributed by atoms with Crippen molar-refractivity contribution in [3.63, 3.8) is 0 Å². The summed E-state index contributed by atoms with van der Waals surface area (Å²) in [7, 11) is 0. The van der Waals surface area contributed by atoms with Gasteiger partial charge >= 0.3 is 6.18 Å². The van der Waals surface area contributed by atoms with Crippen molar-refractivity contribution in [2.45, 2.75) is 6.18 Å². The second kappa shape index (κ2) is 5.69. The van der Waals surface area contributed by atoms with Crippen molar-refractivity contribution in [3.8, 4) is 0 Å². The van der Waals surface area contributed by atoms with Crippen molar-refractivity contribution < 1.29 is 27.3 Å². The van der Waals surface area contributed by atoms with Gasteiger partial charge in [0.2, 0.25) is 0 Å². The van der Waals surface area contributed by atoms with Crippen LogP contribution in [0.15, 0.2) is 12.1 Å². The number of anilines is 1. The Morgan fingerprint density at radius 1 is 1.40 bits per heavy atom. The number of carbonyl (C=O) groups excluding carboxylic acids is 1. The smallest absolute Gasteiger partial charge is 0.343 e. The highest BCUT2D eigenvalue weighted by Crippen LogP contribution is 2.26. The third-order valence-electron chi connectivity index (χ3n) is 2.13. The molecule has 1 amide bonds. The van der Waals surface area contributed by atoms with Crippen molar-refractivity contribution in [2.75, 3.05) is 12.0 Å². The van der Waals surface area contributed by atoms with E-state index in [1.54, 1.807) is 0 Å². The summed E-state index contributed by atoms with van der Waals surface area (Å²) in [5.41, 5.74) is -0.349. The number of alkyl halides is 3. The number of hydrazine groups is 1. The van der Waals surface area contributed by atoms with Gasteiger partial charge in [0.25, 0.3) is 11.6 Å². The lowest BCUT2D eigenvalue weighted by Crippen LogP contribution is -2.34. The molecular formula is C9H8F4N4O3. The molecule has 7 nitrogen and oxygen atoms in total. The average Bonchev–Trinajstić information content (AvgIpc) is 2.34. The van der Waals surface area contributed by atoms with Gasteiger partial charge in [-0.05, 0) is 6.07 Å². The van der Waals surface area contributed by atoms with Crippen LogP contribution in [-0.4, -0.2) is 23.6 Å². The molecule has 0 aliphatic heterocycles. The summed E-state index contributed by atoms with van der Waals surface area (Å²) in [6.07, 6.45) is -4.68. The normalized spacial score (nSPS) is 11.1. The van der Waals surface area contributed by atoms with E-state index in [9.17, 15) is 32.5 Å². The Morgan fingerprint density at radius 3 is 2.45 bits per heavy atom. The van der Waals surface area contributed by atoms with Crippen LogP contribution in [0.25, 0.3) is 0 Å². The number of nitro groups is 1. The lowest BCUT2D eigenvalue weighted by Gasteiger charge is -2.10. The Labute approximate surface area is 108 Å². The van der Waals surface area contributed by atoms with Crippen LogP contribution >= 0.6 is 0 Å². The van der Waals surface area contributed by atoms with Gasteiger partial charge in [0.1, 0.15) is 12.1 Å². The third kappa shape index (κ3) is 3.78. The van der Waals surface area contributed by atoms with E-state index in [1.807, 2.05) is 5.43 Å². The minimum atomic E-state index is -4.68. The Balaban J connectivity index is 3.14. The molecule has 4 N–H and O–H groups in total. The number of nitrogens with zero attached hydrogens (tertiary/aromatic N) is 1. The number of halogens is 4. The number of benzene rings is 1. The fourth-order valence-electron chi connectivity index (χ4n) is 1.28. The van der Waals surface area contributed by atoms with Crippen molar-refractivity contribution in [2.24, 2.45) is 5.84 Å². The minimum absolute atomic E-state index is 0.387. The zero-order valence-electron chi connectivity index (χ0n) is 9.62. The summed E-state index contributed by atoms with van der Waals surface area (Å²) in [5.74, 6) is 2.43. The minimum Gasteiger partial charge on any atom is -0.343 e. The standard InChI is InChI=1S/C9H8F4N4O3/c10-5-2-7(17(19)20)4(1-6(5)16-14)8(18)15-3-9(11,12)13/h1-2,16H,3,14H2,(H,15,18). The van der Waals surface area contributed by atoms with Crippen LogP contribution in [0.3, 0.4) is 0 Å². The first-order valence-electron chi connectivity index (χ1n) is 4.95. The maximum Gasteiger partial charge on any atom is 0.405 e. The molecule has 0 spiro atoms. The van der Waals surface area contributed by atoms with Crippen molar-refractivity contribution in [3.05, 3.63) is 33.6 Å². The molecule has 0 unspecified atom stereocenters. The molecule has 0 aromatic heterocycles. The van der Waals surface area contributed by atoms with E-state index < -0.39 is 46.3 Å². The first-order chi connectivity index (χ1) is 9.15. The molecule has 0 fully saturated rings. The average molecular weight is 296 g/mol. The van der Waals surface area contributed by atoms with E-state index in [1.165, 1.54) is 5.32 Å². The highest BCUT2D eigenvalue weighted by molar-refractivity contribution is 5.99. The van der Waals surface area contributed by atoms with Gasteiger partial charge < -0.3 is 10.7 Å². The number of nitrogen functional groups attached to an aromatic ring is 1. The number of hydrogen-bond acceptors (Lipinski definition) is 5. The second-order valence-corrected chi connectivity index (χ2v) is 3.55. The van der Waals surface area contributed by atoms with E-state index in [-0.39, 0.29) is 0 Å². The molecule has 1 aromatic carbocycles. The molecule has 1 aromatic rings. The predicted molar refractivity (Wildman–Crippen MR) is 59.3 cm³/mol. The summed E-state index contributed by atoms with van der Waals surface area (Å²) in [6, 6.07) is 1.04. The van der Waals surface area contributed by atoms with Gasteiger partial charge in [0, 0.05) is 0 Å². The number of carbonyl (C=O) groups is 1. The van der Waals surface area contributed by atoms with Crippen LogP contribution in [0.2, 0.25) is 0 Å². The van der Waals surface area contributed by atoms with Crippen molar-refractivity contribution >= 4 is 17.3 Å². The number of amides is 1. The van der Waals surface area contributed by atoms with Crippen molar-refractivity contribution in [1.29, 1.82) is 0 Å². The molecule has 1 rings (SSSR count). The monoisotopic (exact) mass is 296 g/mol. The molecule has 0 saturated carbocycles. The molecule has 0 saturated heterocycles. The SMILES string of the molecule is NNc1cc(C(=O)NCC(F)(F)F)c([N+](=O)[O-])cc1F.